The number of piperazine rings is 1. The SMILES string of the molecule is O=C(CCc1ncc(-c2ccccc2F)o1)N1CCN(Cc2ccc3c(c2)CCO3)CC1. The van der Waals surface area contributed by atoms with Gasteiger partial charge in [0.1, 0.15) is 11.6 Å². The van der Waals surface area contributed by atoms with Crippen LogP contribution in [0.3, 0.4) is 0 Å². The molecule has 0 radical (unpaired) electrons. The zero-order valence-electron chi connectivity index (χ0n) is 17.9. The van der Waals surface area contributed by atoms with E-state index < -0.39 is 0 Å². The van der Waals surface area contributed by atoms with Gasteiger partial charge < -0.3 is 14.1 Å². The summed E-state index contributed by atoms with van der Waals surface area (Å²) in [7, 11) is 0. The highest BCUT2D eigenvalue weighted by Gasteiger charge is 2.22. The highest BCUT2D eigenvalue weighted by Crippen LogP contribution is 2.27. The third kappa shape index (κ3) is 4.53. The molecular weight excluding hydrogens is 409 g/mol. The third-order valence-electron chi connectivity index (χ3n) is 6.13. The molecule has 1 fully saturated rings. The van der Waals surface area contributed by atoms with Gasteiger partial charge in [-0.3, -0.25) is 9.69 Å². The lowest BCUT2D eigenvalue weighted by Crippen LogP contribution is -2.48. The van der Waals surface area contributed by atoms with Crippen molar-refractivity contribution in [1.82, 2.24) is 14.8 Å². The van der Waals surface area contributed by atoms with Gasteiger partial charge in [-0.25, -0.2) is 9.37 Å². The number of ether oxygens (including phenoxy) is 1. The van der Waals surface area contributed by atoms with Crippen molar-refractivity contribution in [2.75, 3.05) is 32.8 Å². The minimum atomic E-state index is -0.350. The van der Waals surface area contributed by atoms with Crippen LogP contribution in [0, 0.1) is 5.82 Å². The van der Waals surface area contributed by atoms with Crippen LogP contribution in [0.1, 0.15) is 23.4 Å². The van der Waals surface area contributed by atoms with Gasteiger partial charge in [-0.15, -0.1) is 0 Å². The van der Waals surface area contributed by atoms with Gasteiger partial charge in [-0.2, -0.15) is 0 Å². The lowest BCUT2D eigenvalue weighted by atomic mass is 10.1. The van der Waals surface area contributed by atoms with Gasteiger partial charge in [-0.05, 0) is 29.3 Å². The summed E-state index contributed by atoms with van der Waals surface area (Å²) in [6.45, 7) is 4.82. The van der Waals surface area contributed by atoms with Crippen molar-refractivity contribution in [3.05, 3.63) is 71.5 Å². The van der Waals surface area contributed by atoms with E-state index in [-0.39, 0.29) is 11.7 Å². The van der Waals surface area contributed by atoms with E-state index in [0.29, 0.717) is 30.1 Å². The minimum Gasteiger partial charge on any atom is -0.493 e. The summed E-state index contributed by atoms with van der Waals surface area (Å²) in [6.07, 6.45) is 3.24. The molecule has 0 saturated carbocycles. The van der Waals surface area contributed by atoms with Crippen molar-refractivity contribution in [2.45, 2.75) is 25.8 Å². The van der Waals surface area contributed by atoms with Gasteiger partial charge in [0, 0.05) is 52.0 Å². The number of amides is 1. The highest BCUT2D eigenvalue weighted by atomic mass is 19.1. The number of carbonyl (C=O) groups is 1. The fourth-order valence-electron chi connectivity index (χ4n) is 4.34. The summed E-state index contributed by atoms with van der Waals surface area (Å²) in [6, 6.07) is 12.9. The molecule has 166 valence electrons. The smallest absolute Gasteiger partial charge is 0.223 e. The lowest BCUT2D eigenvalue weighted by Gasteiger charge is -2.34. The van der Waals surface area contributed by atoms with Crippen LogP contribution in [0.25, 0.3) is 11.3 Å². The summed E-state index contributed by atoms with van der Waals surface area (Å²) in [5.41, 5.74) is 2.97. The number of fused-ring (bicyclic) bond motifs is 1. The first-order valence-corrected chi connectivity index (χ1v) is 11.1. The summed E-state index contributed by atoms with van der Waals surface area (Å²) in [5.74, 6) is 1.60. The van der Waals surface area contributed by atoms with Crippen molar-refractivity contribution in [3.8, 4) is 17.1 Å². The molecule has 1 saturated heterocycles. The van der Waals surface area contributed by atoms with E-state index in [1.807, 2.05) is 4.90 Å². The predicted molar refractivity (Wildman–Crippen MR) is 118 cm³/mol. The second-order valence-corrected chi connectivity index (χ2v) is 8.30. The number of oxazole rings is 1. The average Bonchev–Trinajstić information content (AvgIpc) is 3.47. The summed E-state index contributed by atoms with van der Waals surface area (Å²) < 4.78 is 25.2. The molecule has 0 bridgehead atoms. The Kier molecular flexibility index (Phi) is 5.90. The van der Waals surface area contributed by atoms with E-state index in [1.165, 1.54) is 23.4 Å². The normalized spacial score (nSPS) is 16.1. The van der Waals surface area contributed by atoms with Crippen molar-refractivity contribution in [2.24, 2.45) is 0 Å². The maximum absolute atomic E-state index is 13.9. The van der Waals surface area contributed by atoms with Crippen LogP contribution in [0.15, 0.2) is 53.1 Å². The number of hydrogen-bond acceptors (Lipinski definition) is 5. The molecule has 5 rings (SSSR count). The second-order valence-electron chi connectivity index (χ2n) is 8.30. The number of halogens is 1. The molecule has 1 aromatic heterocycles. The van der Waals surface area contributed by atoms with Crippen molar-refractivity contribution >= 4 is 5.91 Å². The molecular formula is C25H26FN3O3. The van der Waals surface area contributed by atoms with E-state index in [1.54, 1.807) is 18.2 Å². The first-order valence-electron chi connectivity index (χ1n) is 11.1. The molecule has 1 amide bonds. The fraction of sp³-hybridized carbons (Fsp3) is 0.360. The van der Waals surface area contributed by atoms with Crippen LogP contribution in [0.4, 0.5) is 4.39 Å². The maximum Gasteiger partial charge on any atom is 0.223 e. The highest BCUT2D eigenvalue weighted by molar-refractivity contribution is 5.76. The molecule has 7 heteroatoms. The summed E-state index contributed by atoms with van der Waals surface area (Å²) >= 11 is 0. The van der Waals surface area contributed by atoms with Gasteiger partial charge >= 0.3 is 0 Å². The molecule has 0 N–H and O–H groups in total. The first-order chi connectivity index (χ1) is 15.7. The second kappa shape index (κ2) is 9.12. The topological polar surface area (TPSA) is 58.8 Å². The first kappa shape index (κ1) is 20.7. The number of rotatable bonds is 6. The molecule has 3 aromatic rings. The molecule has 2 aromatic carbocycles. The van der Waals surface area contributed by atoms with Crippen LogP contribution >= 0.6 is 0 Å². The third-order valence-corrected chi connectivity index (χ3v) is 6.13. The van der Waals surface area contributed by atoms with Crippen molar-refractivity contribution in [3.63, 3.8) is 0 Å². The number of carbonyl (C=O) groups excluding carboxylic acids is 1. The lowest BCUT2D eigenvalue weighted by molar-refractivity contribution is -0.133. The van der Waals surface area contributed by atoms with Gasteiger partial charge in [0.15, 0.2) is 11.7 Å². The molecule has 3 heterocycles. The zero-order chi connectivity index (χ0) is 21.9. The van der Waals surface area contributed by atoms with Crippen molar-refractivity contribution < 1.29 is 18.3 Å². The molecule has 0 spiro atoms. The quantitative estimate of drug-likeness (QED) is 0.591. The molecule has 2 aliphatic rings. The predicted octanol–water partition coefficient (Wildman–Crippen LogP) is 3.69. The molecule has 6 nitrogen and oxygen atoms in total. The fourth-order valence-corrected chi connectivity index (χ4v) is 4.34. The van der Waals surface area contributed by atoms with E-state index in [4.69, 9.17) is 9.15 Å². The molecule has 0 aliphatic carbocycles. The van der Waals surface area contributed by atoms with E-state index in [9.17, 15) is 9.18 Å². The van der Waals surface area contributed by atoms with Crippen LogP contribution in [0.2, 0.25) is 0 Å². The Bertz CT molecular complexity index is 1110. The van der Waals surface area contributed by atoms with E-state index >= 15 is 0 Å². The summed E-state index contributed by atoms with van der Waals surface area (Å²) in [5, 5.41) is 0. The van der Waals surface area contributed by atoms with Gasteiger partial charge in [-0.1, -0.05) is 24.3 Å². The molecule has 32 heavy (non-hydrogen) atoms. The largest absolute Gasteiger partial charge is 0.493 e. The van der Waals surface area contributed by atoms with E-state index in [0.717, 1.165) is 51.5 Å². The molecule has 2 aliphatic heterocycles. The van der Waals surface area contributed by atoms with E-state index in [2.05, 4.69) is 28.1 Å². The number of benzene rings is 2. The molecule has 0 atom stereocenters. The van der Waals surface area contributed by atoms with Crippen LogP contribution < -0.4 is 4.74 Å². The maximum atomic E-state index is 13.9. The zero-order valence-corrected chi connectivity index (χ0v) is 17.9. The van der Waals surface area contributed by atoms with Crippen molar-refractivity contribution in [1.29, 1.82) is 0 Å². The Morgan fingerprint density at radius 1 is 1.09 bits per heavy atom. The van der Waals surface area contributed by atoms with Crippen LogP contribution in [-0.2, 0) is 24.2 Å². The molecule has 0 unspecified atom stereocenters. The number of aryl methyl sites for hydroxylation is 1. The van der Waals surface area contributed by atoms with Gasteiger partial charge in [0.2, 0.25) is 5.91 Å². The number of nitrogens with zero attached hydrogens (tertiary/aromatic N) is 3. The monoisotopic (exact) mass is 435 g/mol. The Balaban J connectivity index is 1.09. The number of aromatic nitrogens is 1. The Morgan fingerprint density at radius 3 is 2.78 bits per heavy atom. The van der Waals surface area contributed by atoms with Gasteiger partial charge in [0.25, 0.3) is 0 Å². The van der Waals surface area contributed by atoms with Crippen LogP contribution in [0.5, 0.6) is 5.75 Å². The summed E-state index contributed by atoms with van der Waals surface area (Å²) in [4.78, 5) is 21.2. The van der Waals surface area contributed by atoms with Gasteiger partial charge in [0.05, 0.1) is 18.4 Å². The number of hydrogen-bond donors (Lipinski definition) is 0. The average molecular weight is 435 g/mol. The Labute approximate surface area is 186 Å². The Hall–Kier alpha value is -3.19. The Morgan fingerprint density at radius 2 is 1.94 bits per heavy atom. The minimum absolute atomic E-state index is 0.102. The van der Waals surface area contributed by atoms with Crippen LogP contribution in [-0.4, -0.2) is 53.5 Å². The standard InChI is InChI=1S/C25H26FN3O3/c26-21-4-2-1-3-20(21)23-16-27-24(32-23)7-8-25(30)29-12-10-28(11-13-29)17-18-5-6-22-19(15-18)9-14-31-22/h1-6,15-16H,7-14,17H2.